The summed E-state index contributed by atoms with van der Waals surface area (Å²) in [6, 6.07) is 15.5. The fourth-order valence-electron chi connectivity index (χ4n) is 2.70. The minimum Gasteiger partial charge on any atom is -0.496 e. The van der Waals surface area contributed by atoms with Gasteiger partial charge in [0.05, 0.1) is 7.11 Å². The fourth-order valence-corrected chi connectivity index (χ4v) is 2.70. The van der Waals surface area contributed by atoms with Gasteiger partial charge >= 0.3 is 6.03 Å². The fraction of sp³-hybridized carbons (Fsp3) is 0.136. The Morgan fingerprint density at radius 1 is 0.966 bits per heavy atom. The molecule has 0 atom stereocenters. The predicted octanol–water partition coefficient (Wildman–Crippen LogP) is 3.97. The zero-order chi connectivity index (χ0) is 20.6. The Bertz CT molecular complexity index is 1010. The van der Waals surface area contributed by atoms with Gasteiger partial charge in [-0.3, -0.25) is 9.78 Å². The molecule has 3 N–H and O–H groups in total. The predicted molar refractivity (Wildman–Crippen MR) is 112 cm³/mol. The minimum atomic E-state index is -0.339. The lowest BCUT2D eigenvalue weighted by molar-refractivity contribution is 0.102. The monoisotopic (exact) mass is 390 g/mol. The molecule has 29 heavy (non-hydrogen) atoms. The number of hydrogen-bond donors (Lipinski definition) is 3. The van der Waals surface area contributed by atoms with E-state index < -0.39 is 0 Å². The van der Waals surface area contributed by atoms with Gasteiger partial charge in [-0.15, -0.1) is 0 Å². The summed E-state index contributed by atoms with van der Waals surface area (Å²) in [5.74, 6) is 0.390. The maximum atomic E-state index is 12.5. The molecule has 0 unspecified atom stereocenters. The molecular weight excluding hydrogens is 368 g/mol. The summed E-state index contributed by atoms with van der Waals surface area (Å²) in [4.78, 5) is 28.6. The number of urea groups is 1. The van der Waals surface area contributed by atoms with Crippen molar-refractivity contribution >= 4 is 23.3 Å². The van der Waals surface area contributed by atoms with Gasteiger partial charge in [-0.1, -0.05) is 12.1 Å². The summed E-state index contributed by atoms with van der Waals surface area (Å²) >= 11 is 0. The molecule has 7 nitrogen and oxygen atoms in total. The summed E-state index contributed by atoms with van der Waals surface area (Å²) < 4.78 is 5.27. The lowest BCUT2D eigenvalue weighted by Gasteiger charge is -2.11. The van der Waals surface area contributed by atoms with Crippen molar-refractivity contribution in [3.63, 3.8) is 0 Å². The third-order valence-electron chi connectivity index (χ3n) is 4.25. The van der Waals surface area contributed by atoms with Crippen LogP contribution in [-0.2, 0) is 6.54 Å². The molecular formula is C22H22N4O3. The van der Waals surface area contributed by atoms with Gasteiger partial charge < -0.3 is 20.7 Å². The molecule has 148 valence electrons. The zero-order valence-corrected chi connectivity index (χ0v) is 16.2. The second kappa shape index (κ2) is 9.36. The zero-order valence-electron chi connectivity index (χ0n) is 16.2. The van der Waals surface area contributed by atoms with Crippen LogP contribution in [0.2, 0.25) is 0 Å². The topological polar surface area (TPSA) is 92.4 Å². The average Bonchev–Trinajstić information content (AvgIpc) is 2.73. The molecule has 3 aromatic rings. The van der Waals surface area contributed by atoms with E-state index in [0.717, 1.165) is 11.1 Å². The molecule has 0 fully saturated rings. The van der Waals surface area contributed by atoms with Crippen molar-refractivity contribution in [1.82, 2.24) is 10.3 Å². The van der Waals surface area contributed by atoms with Gasteiger partial charge in [0.2, 0.25) is 0 Å². The smallest absolute Gasteiger partial charge is 0.319 e. The molecule has 3 amide bonds. The van der Waals surface area contributed by atoms with Gasteiger partial charge in [0, 0.05) is 35.9 Å². The minimum absolute atomic E-state index is 0.261. The average molecular weight is 390 g/mol. The number of ether oxygens (including phenoxy) is 1. The highest BCUT2D eigenvalue weighted by Crippen LogP contribution is 2.21. The maximum Gasteiger partial charge on any atom is 0.319 e. The summed E-state index contributed by atoms with van der Waals surface area (Å²) in [7, 11) is 1.57. The number of amides is 3. The standard InChI is InChI=1S/C22H22N4O3/c1-15-6-7-17(12-20(15)29-2)21(27)25-18-4-3-5-19(13-18)26-22(28)24-14-16-8-10-23-11-9-16/h3-13H,14H2,1-2H3,(H,25,27)(H2,24,26,28). The second-order valence-electron chi connectivity index (χ2n) is 6.38. The lowest BCUT2D eigenvalue weighted by Crippen LogP contribution is -2.28. The van der Waals surface area contributed by atoms with Gasteiger partial charge in [0.15, 0.2) is 0 Å². The highest BCUT2D eigenvalue weighted by molar-refractivity contribution is 6.05. The summed E-state index contributed by atoms with van der Waals surface area (Å²) in [5.41, 5.74) is 3.52. The van der Waals surface area contributed by atoms with Crippen LogP contribution in [0.5, 0.6) is 5.75 Å². The van der Waals surface area contributed by atoms with Crippen LogP contribution in [0.25, 0.3) is 0 Å². The van der Waals surface area contributed by atoms with Gasteiger partial charge in [0.25, 0.3) is 5.91 Å². The van der Waals surface area contributed by atoms with Crippen LogP contribution in [-0.4, -0.2) is 24.0 Å². The quantitative estimate of drug-likeness (QED) is 0.594. The van der Waals surface area contributed by atoms with Crippen LogP contribution >= 0.6 is 0 Å². The first kappa shape index (κ1) is 19.9. The number of aromatic nitrogens is 1. The summed E-state index contributed by atoms with van der Waals surface area (Å²) in [5, 5.41) is 8.35. The molecule has 0 saturated carbocycles. The van der Waals surface area contributed by atoms with Crippen molar-refractivity contribution in [1.29, 1.82) is 0 Å². The van der Waals surface area contributed by atoms with E-state index in [4.69, 9.17) is 4.74 Å². The number of hydrogen-bond acceptors (Lipinski definition) is 4. The number of nitrogens with one attached hydrogen (secondary N) is 3. The number of methoxy groups -OCH3 is 1. The Hall–Kier alpha value is -3.87. The molecule has 0 saturated heterocycles. The van der Waals surface area contributed by atoms with Crippen molar-refractivity contribution < 1.29 is 14.3 Å². The number of anilines is 2. The molecule has 0 aliphatic heterocycles. The van der Waals surface area contributed by atoms with Crippen LogP contribution in [0, 0.1) is 6.92 Å². The Labute approximate surface area is 169 Å². The number of rotatable bonds is 6. The lowest BCUT2D eigenvalue weighted by atomic mass is 10.1. The molecule has 2 aromatic carbocycles. The molecule has 0 bridgehead atoms. The molecule has 7 heteroatoms. The highest BCUT2D eigenvalue weighted by atomic mass is 16.5. The Morgan fingerprint density at radius 3 is 2.41 bits per heavy atom. The van der Waals surface area contributed by atoms with Crippen molar-refractivity contribution in [3.8, 4) is 5.75 Å². The van der Waals surface area contributed by atoms with E-state index in [1.165, 1.54) is 0 Å². The third kappa shape index (κ3) is 5.55. The van der Waals surface area contributed by atoms with Crippen LogP contribution < -0.4 is 20.7 Å². The second-order valence-corrected chi connectivity index (χ2v) is 6.38. The van der Waals surface area contributed by atoms with E-state index in [9.17, 15) is 9.59 Å². The number of pyridine rings is 1. The van der Waals surface area contributed by atoms with E-state index in [1.54, 1.807) is 55.9 Å². The van der Waals surface area contributed by atoms with Crippen LogP contribution in [0.3, 0.4) is 0 Å². The number of carbonyl (C=O) groups excluding carboxylic acids is 2. The SMILES string of the molecule is COc1cc(C(=O)Nc2cccc(NC(=O)NCc3ccncc3)c2)ccc1C. The first-order chi connectivity index (χ1) is 14.0. The molecule has 0 aliphatic rings. The van der Waals surface area contributed by atoms with Gasteiger partial charge in [-0.25, -0.2) is 4.79 Å². The molecule has 3 rings (SSSR count). The molecule has 0 radical (unpaired) electrons. The first-order valence-corrected chi connectivity index (χ1v) is 9.05. The van der Waals surface area contributed by atoms with Gasteiger partial charge in [-0.05, 0) is 60.5 Å². The first-order valence-electron chi connectivity index (χ1n) is 9.05. The normalized spacial score (nSPS) is 10.1. The molecule has 1 heterocycles. The summed E-state index contributed by atoms with van der Waals surface area (Å²) in [6.07, 6.45) is 3.34. The van der Waals surface area contributed by atoms with Gasteiger partial charge in [0.1, 0.15) is 5.75 Å². The number of nitrogens with zero attached hydrogens (tertiary/aromatic N) is 1. The van der Waals surface area contributed by atoms with Crippen molar-refractivity contribution in [3.05, 3.63) is 83.7 Å². The van der Waals surface area contributed by atoms with E-state index in [1.807, 2.05) is 25.1 Å². The van der Waals surface area contributed by atoms with Crippen molar-refractivity contribution in [2.75, 3.05) is 17.7 Å². The molecule has 0 aliphatic carbocycles. The third-order valence-corrected chi connectivity index (χ3v) is 4.25. The van der Waals surface area contributed by atoms with E-state index in [0.29, 0.717) is 29.2 Å². The van der Waals surface area contributed by atoms with Crippen molar-refractivity contribution in [2.24, 2.45) is 0 Å². The van der Waals surface area contributed by atoms with Crippen LogP contribution in [0.4, 0.5) is 16.2 Å². The van der Waals surface area contributed by atoms with Gasteiger partial charge in [-0.2, -0.15) is 0 Å². The van der Waals surface area contributed by atoms with Crippen LogP contribution in [0.15, 0.2) is 67.0 Å². The van der Waals surface area contributed by atoms with E-state index in [2.05, 4.69) is 20.9 Å². The number of benzene rings is 2. The molecule has 1 aromatic heterocycles. The largest absolute Gasteiger partial charge is 0.496 e. The van der Waals surface area contributed by atoms with Crippen molar-refractivity contribution in [2.45, 2.75) is 13.5 Å². The van der Waals surface area contributed by atoms with Crippen LogP contribution in [0.1, 0.15) is 21.5 Å². The number of carbonyl (C=O) groups is 2. The highest BCUT2D eigenvalue weighted by Gasteiger charge is 2.10. The maximum absolute atomic E-state index is 12.5. The molecule has 0 spiro atoms. The Kier molecular flexibility index (Phi) is 6.42. The Balaban J connectivity index is 1.60. The number of aryl methyl sites for hydroxylation is 1. The van der Waals surface area contributed by atoms with E-state index in [-0.39, 0.29) is 11.9 Å². The summed E-state index contributed by atoms with van der Waals surface area (Å²) in [6.45, 7) is 2.30. The Morgan fingerprint density at radius 2 is 1.69 bits per heavy atom. The van der Waals surface area contributed by atoms with E-state index >= 15 is 0 Å².